The quantitative estimate of drug-likeness (QED) is 0.661. The van der Waals surface area contributed by atoms with Gasteiger partial charge in [0.2, 0.25) is 5.76 Å². The maximum Gasteiger partial charge on any atom is 0.375 e. The van der Waals surface area contributed by atoms with Crippen molar-refractivity contribution in [3.05, 3.63) is 64.9 Å². The molecule has 2 aromatic carbocycles. The summed E-state index contributed by atoms with van der Waals surface area (Å²) in [6.45, 7) is 1.43. The van der Waals surface area contributed by atoms with Gasteiger partial charge in [-0.25, -0.2) is 4.79 Å². The number of aryl methyl sites for hydroxylation is 2. The van der Waals surface area contributed by atoms with Gasteiger partial charge in [0.15, 0.2) is 6.61 Å². The average Bonchev–Trinajstić information content (AvgIpc) is 3.08. The van der Waals surface area contributed by atoms with Crippen molar-refractivity contribution in [2.75, 3.05) is 13.7 Å². The molecule has 6 nitrogen and oxygen atoms in total. The van der Waals surface area contributed by atoms with E-state index in [4.69, 9.17) is 13.9 Å². The van der Waals surface area contributed by atoms with Crippen LogP contribution in [-0.2, 0) is 16.0 Å². The Morgan fingerprint density at radius 2 is 2.03 bits per heavy atom. The molecule has 0 spiro atoms. The van der Waals surface area contributed by atoms with Crippen LogP contribution in [0.2, 0.25) is 0 Å². The van der Waals surface area contributed by atoms with Crippen LogP contribution >= 0.6 is 0 Å². The number of rotatable bonds is 5. The van der Waals surface area contributed by atoms with Gasteiger partial charge in [-0.05, 0) is 55.5 Å². The Kier molecular flexibility index (Phi) is 5.25. The summed E-state index contributed by atoms with van der Waals surface area (Å²) < 4.78 is 16.0. The van der Waals surface area contributed by atoms with Crippen molar-refractivity contribution < 1.29 is 23.5 Å². The third kappa shape index (κ3) is 3.83. The van der Waals surface area contributed by atoms with Gasteiger partial charge in [0.05, 0.1) is 13.2 Å². The minimum absolute atomic E-state index is 0.0495. The summed E-state index contributed by atoms with van der Waals surface area (Å²) in [7, 11) is 1.58. The van der Waals surface area contributed by atoms with Crippen LogP contribution in [0.4, 0.5) is 0 Å². The van der Waals surface area contributed by atoms with Crippen molar-refractivity contribution in [3.8, 4) is 5.75 Å². The summed E-state index contributed by atoms with van der Waals surface area (Å²) >= 11 is 0. The first-order valence-corrected chi connectivity index (χ1v) is 9.68. The fourth-order valence-corrected chi connectivity index (χ4v) is 3.86. The molecule has 0 aliphatic heterocycles. The van der Waals surface area contributed by atoms with Crippen LogP contribution in [0.1, 0.15) is 46.1 Å². The highest BCUT2D eigenvalue weighted by Gasteiger charge is 2.23. The van der Waals surface area contributed by atoms with Gasteiger partial charge in [-0.1, -0.05) is 24.3 Å². The Morgan fingerprint density at radius 3 is 2.86 bits per heavy atom. The maximum absolute atomic E-state index is 12.5. The number of furan rings is 1. The number of ether oxygens (including phenoxy) is 2. The standard InChI is InChI=1S/C23H23NO5/c1-14-18-12-16(27-2)10-11-20(18)29-22(14)23(26)28-13-21(25)24-19-9-5-7-15-6-3-4-8-17(15)19/h3-4,6,8,10-12,19H,5,7,9,13H2,1-2H3,(H,24,25)/t19-/m1/s1. The van der Waals surface area contributed by atoms with Crippen molar-refractivity contribution in [3.63, 3.8) is 0 Å². The number of esters is 1. The Hall–Kier alpha value is -3.28. The number of fused-ring (bicyclic) bond motifs is 2. The zero-order valence-corrected chi connectivity index (χ0v) is 16.5. The fourth-order valence-electron chi connectivity index (χ4n) is 3.86. The third-order valence-corrected chi connectivity index (χ3v) is 5.37. The van der Waals surface area contributed by atoms with E-state index in [2.05, 4.69) is 11.4 Å². The molecule has 1 aliphatic carbocycles. The van der Waals surface area contributed by atoms with E-state index in [0.717, 1.165) is 30.2 Å². The van der Waals surface area contributed by atoms with E-state index in [-0.39, 0.29) is 24.3 Å². The van der Waals surface area contributed by atoms with Crippen LogP contribution in [0.15, 0.2) is 46.9 Å². The third-order valence-electron chi connectivity index (χ3n) is 5.37. The molecule has 6 heteroatoms. The predicted octanol–water partition coefficient (Wildman–Crippen LogP) is 4.10. The maximum atomic E-state index is 12.5. The number of hydrogen-bond acceptors (Lipinski definition) is 5. The van der Waals surface area contributed by atoms with E-state index in [1.54, 1.807) is 32.2 Å². The molecule has 4 rings (SSSR count). The van der Waals surface area contributed by atoms with Crippen molar-refractivity contribution in [1.82, 2.24) is 5.32 Å². The molecule has 1 aromatic heterocycles. The molecule has 150 valence electrons. The van der Waals surface area contributed by atoms with Crippen LogP contribution in [0.3, 0.4) is 0 Å². The molecule has 0 unspecified atom stereocenters. The number of nitrogens with one attached hydrogen (secondary N) is 1. The lowest BCUT2D eigenvalue weighted by molar-refractivity contribution is -0.125. The van der Waals surface area contributed by atoms with Crippen molar-refractivity contribution in [1.29, 1.82) is 0 Å². The number of carbonyl (C=O) groups is 2. The normalized spacial score (nSPS) is 15.6. The Balaban J connectivity index is 1.41. The number of benzene rings is 2. The summed E-state index contributed by atoms with van der Waals surface area (Å²) in [5.41, 5.74) is 3.62. The molecule has 29 heavy (non-hydrogen) atoms. The van der Waals surface area contributed by atoms with Crippen LogP contribution in [0.5, 0.6) is 5.75 Å². The molecule has 0 saturated heterocycles. The summed E-state index contributed by atoms with van der Waals surface area (Å²) in [5.74, 6) is -0.204. The second kappa shape index (κ2) is 7.99. The summed E-state index contributed by atoms with van der Waals surface area (Å²) in [5, 5.41) is 3.75. The van der Waals surface area contributed by atoms with Gasteiger partial charge >= 0.3 is 5.97 Å². The molecule has 3 aromatic rings. The van der Waals surface area contributed by atoms with Gasteiger partial charge in [0.1, 0.15) is 11.3 Å². The van der Waals surface area contributed by atoms with Crippen molar-refractivity contribution in [2.45, 2.75) is 32.2 Å². The largest absolute Gasteiger partial charge is 0.497 e. The highest BCUT2D eigenvalue weighted by atomic mass is 16.5. The molecule has 0 fully saturated rings. The van der Waals surface area contributed by atoms with Gasteiger partial charge in [-0.15, -0.1) is 0 Å². The molecular formula is C23H23NO5. The number of amides is 1. The van der Waals surface area contributed by atoms with Crippen molar-refractivity contribution >= 4 is 22.8 Å². The van der Waals surface area contributed by atoms with E-state index in [1.807, 2.05) is 18.2 Å². The van der Waals surface area contributed by atoms with Gasteiger partial charge in [-0.3, -0.25) is 4.79 Å². The summed E-state index contributed by atoms with van der Waals surface area (Å²) in [6, 6.07) is 13.4. The lowest BCUT2D eigenvalue weighted by Gasteiger charge is -2.26. The first-order valence-electron chi connectivity index (χ1n) is 9.68. The predicted molar refractivity (Wildman–Crippen MR) is 108 cm³/mol. The van der Waals surface area contributed by atoms with Crippen LogP contribution in [0.25, 0.3) is 11.0 Å². The lowest BCUT2D eigenvalue weighted by atomic mass is 9.88. The number of methoxy groups -OCH3 is 1. The average molecular weight is 393 g/mol. The van der Waals surface area contributed by atoms with Gasteiger partial charge in [0, 0.05) is 10.9 Å². The van der Waals surface area contributed by atoms with Crippen LogP contribution in [0, 0.1) is 6.92 Å². The number of carbonyl (C=O) groups excluding carboxylic acids is 2. The Bertz CT molecular complexity index is 1070. The first kappa shape index (κ1) is 19.1. The summed E-state index contributed by atoms with van der Waals surface area (Å²) in [4.78, 5) is 24.8. The lowest BCUT2D eigenvalue weighted by Crippen LogP contribution is -2.34. The second-order valence-corrected chi connectivity index (χ2v) is 7.21. The van der Waals surface area contributed by atoms with E-state index < -0.39 is 5.97 Å². The van der Waals surface area contributed by atoms with Gasteiger partial charge in [-0.2, -0.15) is 0 Å². The molecular weight excluding hydrogens is 370 g/mol. The minimum atomic E-state index is -0.656. The molecule has 1 heterocycles. The Morgan fingerprint density at radius 1 is 1.21 bits per heavy atom. The second-order valence-electron chi connectivity index (χ2n) is 7.21. The molecule has 0 bridgehead atoms. The molecule has 0 radical (unpaired) electrons. The topological polar surface area (TPSA) is 77.8 Å². The van der Waals surface area contributed by atoms with Gasteiger partial charge < -0.3 is 19.2 Å². The monoisotopic (exact) mass is 393 g/mol. The van der Waals surface area contributed by atoms with Gasteiger partial charge in [0.25, 0.3) is 5.91 Å². The van der Waals surface area contributed by atoms with E-state index in [0.29, 0.717) is 16.9 Å². The van der Waals surface area contributed by atoms with Crippen molar-refractivity contribution in [2.24, 2.45) is 0 Å². The van der Waals surface area contributed by atoms with E-state index in [9.17, 15) is 9.59 Å². The zero-order chi connectivity index (χ0) is 20.4. The highest BCUT2D eigenvalue weighted by molar-refractivity contribution is 5.97. The van der Waals surface area contributed by atoms with E-state index in [1.165, 1.54) is 5.56 Å². The van der Waals surface area contributed by atoms with Crippen LogP contribution in [-0.4, -0.2) is 25.6 Å². The highest BCUT2D eigenvalue weighted by Crippen LogP contribution is 2.30. The fraction of sp³-hybridized carbons (Fsp3) is 0.304. The molecule has 1 aliphatic rings. The zero-order valence-electron chi connectivity index (χ0n) is 16.5. The minimum Gasteiger partial charge on any atom is -0.497 e. The molecule has 1 amide bonds. The molecule has 1 N–H and O–H groups in total. The Labute approximate surface area is 168 Å². The number of hydrogen-bond donors (Lipinski definition) is 1. The van der Waals surface area contributed by atoms with E-state index >= 15 is 0 Å². The molecule has 1 atom stereocenters. The summed E-state index contributed by atoms with van der Waals surface area (Å²) in [6.07, 6.45) is 2.91. The SMILES string of the molecule is COc1ccc2oc(C(=O)OCC(=O)N[C@@H]3CCCc4ccccc43)c(C)c2c1. The smallest absolute Gasteiger partial charge is 0.375 e. The first-order chi connectivity index (χ1) is 14.1. The van der Waals surface area contributed by atoms with Crippen LogP contribution < -0.4 is 10.1 Å². The molecule has 0 saturated carbocycles.